The first-order valence-electron chi connectivity index (χ1n) is 8.73. The fourth-order valence-electron chi connectivity index (χ4n) is 2.29. The first-order chi connectivity index (χ1) is 13.3. The second kappa shape index (κ2) is 10.9. The smallest absolute Gasteiger partial charge is 0.300 e. The van der Waals surface area contributed by atoms with Crippen LogP contribution in [0.3, 0.4) is 0 Å². The van der Waals surface area contributed by atoms with Crippen molar-refractivity contribution < 1.29 is 19.1 Å². The number of halogens is 1. The van der Waals surface area contributed by atoms with Crippen LogP contribution in [0.4, 0.5) is 4.39 Å². The van der Waals surface area contributed by atoms with Crippen molar-refractivity contribution in [1.82, 2.24) is 9.97 Å². The van der Waals surface area contributed by atoms with Gasteiger partial charge in [-0.25, -0.2) is 9.97 Å². The van der Waals surface area contributed by atoms with Crippen LogP contribution in [0.5, 0.6) is 0 Å². The van der Waals surface area contributed by atoms with Gasteiger partial charge < -0.3 is 10.8 Å². The molecule has 0 aliphatic rings. The number of aromatic nitrogens is 2. The number of carbonyl (C=O) groups excluding carboxylic acids is 1. The standard InChI is InChI=1S/C10H14N2O.C9H9FN2.C2H4O2/c1-5-6(2)8(4)12-9(7(5)3)10(11)13;1-5-6(2)8(4-11)12-9(10)7(5)3;1-2(3)4/h1-4H3,(H2,11,13);1-3H3;1H3,(H,3,4). The fraction of sp³-hybridized carbons (Fsp3) is 0.381. The SMILES string of the molecule is CC(=O)O.Cc1c(F)nc(C#N)c(C)c1C.Cc1nc(C(N)=O)c(C)c(C)c1C. The minimum Gasteiger partial charge on any atom is -0.481 e. The van der Waals surface area contributed by atoms with E-state index in [4.69, 9.17) is 20.9 Å². The molecule has 7 nitrogen and oxygen atoms in total. The number of hydrogen-bond acceptors (Lipinski definition) is 5. The minimum absolute atomic E-state index is 0.176. The van der Waals surface area contributed by atoms with Gasteiger partial charge >= 0.3 is 0 Å². The van der Waals surface area contributed by atoms with Crippen LogP contribution < -0.4 is 5.73 Å². The van der Waals surface area contributed by atoms with E-state index in [-0.39, 0.29) is 5.69 Å². The molecule has 0 aliphatic carbocycles. The molecule has 0 aromatic carbocycles. The molecule has 0 bridgehead atoms. The van der Waals surface area contributed by atoms with Crippen LogP contribution in [-0.2, 0) is 4.79 Å². The van der Waals surface area contributed by atoms with Crippen LogP contribution in [0, 0.1) is 65.7 Å². The van der Waals surface area contributed by atoms with Gasteiger partial charge in [-0.05, 0) is 76.3 Å². The van der Waals surface area contributed by atoms with Crippen LogP contribution in [0.2, 0.25) is 0 Å². The van der Waals surface area contributed by atoms with E-state index in [2.05, 4.69) is 9.97 Å². The number of nitriles is 1. The monoisotopic (exact) mass is 402 g/mol. The molecule has 0 atom stereocenters. The number of nitrogens with zero attached hydrogens (tertiary/aromatic N) is 3. The molecule has 0 radical (unpaired) electrons. The molecule has 1 amide bonds. The number of aryl methyl sites for hydroxylation is 1. The Labute approximate surface area is 170 Å². The summed E-state index contributed by atoms with van der Waals surface area (Å²) >= 11 is 0. The topological polar surface area (TPSA) is 130 Å². The molecular weight excluding hydrogens is 375 g/mol. The zero-order valence-corrected chi connectivity index (χ0v) is 18.1. The fourth-order valence-corrected chi connectivity index (χ4v) is 2.29. The lowest BCUT2D eigenvalue weighted by Gasteiger charge is -2.10. The average molecular weight is 402 g/mol. The maximum atomic E-state index is 12.9. The van der Waals surface area contributed by atoms with Crippen molar-refractivity contribution in [3.8, 4) is 6.07 Å². The van der Waals surface area contributed by atoms with Crippen molar-refractivity contribution in [2.45, 2.75) is 55.4 Å². The summed E-state index contributed by atoms with van der Waals surface area (Å²) in [5.41, 5.74) is 11.8. The van der Waals surface area contributed by atoms with Crippen molar-refractivity contribution in [3.63, 3.8) is 0 Å². The maximum absolute atomic E-state index is 12.9. The van der Waals surface area contributed by atoms with E-state index in [1.165, 1.54) is 0 Å². The van der Waals surface area contributed by atoms with Gasteiger partial charge in [-0.1, -0.05) is 0 Å². The average Bonchev–Trinajstić information content (AvgIpc) is 2.64. The molecule has 0 saturated carbocycles. The van der Waals surface area contributed by atoms with E-state index in [9.17, 15) is 9.18 Å². The number of amides is 1. The molecule has 3 N–H and O–H groups in total. The zero-order chi connectivity index (χ0) is 23.0. The number of nitrogens with two attached hydrogens (primary N) is 1. The number of rotatable bonds is 1. The third-order valence-electron chi connectivity index (χ3n) is 4.64. The minimum atomic E-state index is -0.833. The van der Waals surface area contributed by atoms with Gasteiger partial charge in [0.25, 0.3) is 11.9 Å². The van der Waals surface area contributed by atoms with Crippen molar-refractivity contribution in [1.29, 1.82) is 5.26 Å². The highest BCUT2D eigenvalue weighted by molar-refractivity contribution is 5.92. The maximum Gasteiger partial charge on any atom is 0.300 e. The van der Waals surface area contributed by atoms with Crippen LogP contribution in [0.25, 0.3) is 0 Å². The molecule has 2 heterocycles. The molecule has 0 spiro atoms. The Kier molecular flexibility index (Phi) is 9.61. The molecule has 2 rings (SSSR count). The summed E-state index contributed by atoms with van der Waals surface area (Å²) in [6.07, 6.45) is 0. The Morgan fingerprint density at radius 2 is 1.34 bits per heavy atom. The Balaban J connectivity index is 0.000000459. The number of primary amides is 1. The van der Waals surface area contributed by atoms with Gasteiger partial charge in [0.05, 0.1) is 0 Å². The molecular formula is C21H27FN4O3. The Morgan fingerprint density at radius 1 is 0.897 bits per heavy atom. The van der Waals surface area contributed by atoms with Gasteiger partial charge in [0.15, 0.2) is 0 Å². The first kappa shape index (κ1) is 25.7. The van der Waals surface area contributed by atoms with Gasteiger partial charge in [-0.2, -0.15) is 9.65 Å². The number of carboxylic acid groups (broad SMARTS) is 1. The lowest BCUT2D eigenvalue weighted by atomic mass is 10.0. The largest absolute Gasteiger partial charge is 0.481 e. The van der Waals surface area contributed by atoms with Crippen molar-refractivity contribution in [2.75, 3.05) is 0 Å². The Bertz CT molecular complexity index is 975. The van der Waals surface area contributed by atoms with E-state index in [0.717, 1.165) is 40.4 Å². The summed E-state index contributed by atoms with van der Waals surface area (Å²) in [7, 11) is 0. The van der Waals surface area contributed by atoms with E-state index in [1.807, 2.05) is 33.8 Å². The summed E-state index contributed by atoms with van der Waals surface area (Å²) in [6, 6.07) is 1.85. The molecule has 0 unspecified atom stereocenters. The van der Waals surface area contributed by atoms with Gasteiger partial charge in [-0.15, -0.1) is 0 Å². The molecule has 2 aromatic heterocycles. The summed E-state index contributed by atoms with van der Waals surface area (Å²) in [6.45, 7) is 14.0. The van der Waals surface area contributed by atoms with Gasteiger partial charge in [0.1, 0.15) is 17.5 Å². The predicted octanol–water partition coefficient (Wildman–Crippen LogP) is 3.52. The summed E-state index contributed by atoms with van der Waals surface area (Å²) < 4.78 is 12.9. The highest BCUT2D eigenvalue weighted by Gasteiger charge is 2.12. The van der Waals surface area contributed by atoms with E-state index in [0.29, 0.717) is 11.3 Å². The molecule has 2 aromatic rings. The van der Waals surface area contributed by atoms with Gasteiger partial charge in [0, 0.05) is 18.2 Å². The van der Waals surface area contributed by atoms with Crippen molar-refractivity contribution in [3.05, 3.63) is 56.4 Å². The molecule has 0 aliphatic heterocycles. The van der Waals surface area contributed by atoms with E-state index in [1.54, 1.807) is 20.8 Å². The van der Waals surface area contributed by atoms with Crippen LogP contribution in [-0.4, -0.2) is 27.0 Å². The zero-order valence-electron chi connectivity index (χ0n) is 18.1. The number of carboxylic acids is 1. The Morgan fingerprint density at radius 3 is 1.76 bits per heavy atom. The van der Waals surface area contributed by atoms with E-state index < -0.39 is 17.8 Å². The molecule has 8 heteroatoms. The second-order valence-corrected chi connectivity index (χ2v) is 6.54. The molecule has 0 fully saturated rings. The molecule has 0 saturated heterocycles. The second-order valence-electron chi connectivity index (χ2n) is 6.54. The third kappa shape index (κ3) is 6.96. The predicted molar refractivity (Wildman–Crippen MR) is 108 cm³/mol. The van der Waals surface area contributed by atoms with Gasteiger partial charge in [0.2, 0.25) is 5.95 Å². The molecule has 156 valence electrons. The summed E-state index contributed by atoms with van der Waals surface area (Å²) in [5, 5.41) is 16.0. The van der Waals surface area contributed by atoms with Crippen LogP contribution in [0.15, 0.2) is 0 Å². The lowest BCUT2D eigenvalue weighted by Crippen LogP contribution is -2.17. The van der Waals surface area contributed by atoms with Crippen LogP contribution >= 0.6 is 0 Å². The number of carbonyl (C=O) groups is 2. The lowest BCUT2D eigenvalue weighted by molar-refractivity contribution is -0.134. The highest BCUT2D eigenvalue weighted by Crippen LogP contribution is 2.17. The quantitative estimate of drug-likeness (QED) is 0.702. The van der Waals surface area contributed by atoms with Crippen LogP contribution in [0.1, 0.15) is 62.2 Å². The normalized spacial score (nSPS) is 9.38. The highest BCUT2D eigenvalue weighted by atomic mass is 19.1. The summed E-state index contributed by atoms with van der Waals surface area (Å²) in [5.74, 6) is -1.83. The van der Waals surface area contributed by atoms with Crippen molar-refractivity contribution >= 4 is 11.9 Å². The third-order valence-corrected chi connectivity index (χ3v) is 4.64. The first-order valence-corrected chi connectivity index (χ1v) is 8.73. The number of hydrogen-bond donors (Lipinski definition) is 2. The number of pyridine rings is 2. The molecule has 29 heavy (non-hydrogen) atoms. The summed E-state index contributed by atoms with van der Waals surface area (Å²) in [4.78, 5) is 27.7. The van der Waals surface area contributed by atoms with Gasteiger partial charge in [-0.3, -0.25) is 9.59 Å². The Hall–Kier alpha value is -3.34. The number of aliphatic carboxylic acids is 1. The van der Waals surface area contributed by atoms with E-state index >= 15 is 0 Å². The van der Waals surface area contributed by atoms with Crippen molar-refractivity contribution in [2.24, 2.45) is 5.73 Å².